The smallest absolute Gasteiger partial charge is 0.126 e. The highest BCUT2D eigenvalue weighted by atomic mass is 79.9. The Balaban J connectivity index is 2.33. The van der Waals surface area contributed by atoms with Crippen LogP contribution in [-0.2, 0) is 0 Å². The number of pyridine rings is 1. The summed E-state index contributed by atoms with van der Waals surface area (Å²) in [6, 6.07) is 8.17. The van der Waals surface area contributed by atoms with Crippen molar-refractivity contribution in [3.63, 3.8) is 0 Å². The van der Waals surface area contributed by atoms with E-state index in [-0.39, 0.29) is 5.82 Å². The number of rotatable bonds is 2. The van der Waals surface area contributed by atoms with Crippen LogP contribution in [0.25, 0.3) is 0 Å². The fraction of sp³-hybridized carbons (Fsp3) is 0.154. The zero-order valence-corrected chi connectivity index (χ0v) is 10.8. The number of hydrogen-bond acceptors (Lipinski definition) is 2. The van der Waals surface area contributed by atoms with Crippen LogP contribution in [0.1, 0.15) is 22.9 Å². The molecule has 0 amide bonds. The first-order chi connectivity index (χ1) is 8.08. The van der Waals surface area contributed by atoms with E-state index in [2.05, 4.69) is 20.9 Å². The van der Waals surface area contributed by atoms with Crippen LogP contribution in [-0.4, -0.2) is 10.1 Å². The molecule has 0 radical (unpaired) electrons. The average Bonchev–Trinajstić information content (AvgIpc) is 2.33. The van der Waals surface area contributed by atoms with Crippen LogP contribution in [0.3, 0.4) is 0 Å². The summed E-state index contributed by atoms with van der Waals surface area (Å²) < 4.78 is 14.2. The topological polar surface area (TPSA) is 33.1 Å². The quantitative estimate of drug-likeness (QED) is 0.921. The molecule has 2 nitrogen and oxygen atoms in total. The Labute approximate surface area is 107 Å². The predicted molar refractivity (Wildman–Crippen MR) is 67.1 cm³/mol. The van der Waals surface area contributed by atoms with Gasteiger partial charge in [-0.1, -0.05) is 12.1 Å². The average molecular weight is 296 g/mol. The molecule has 2 rings (SSSR count). The van der Waals surface area contributed by atoms with E-state index < -0.39 is 6.10 Å². The molecule has 0 spiro atoms. The number of aryl methyl sites for hydroxylation is 1. The Morgan fingerprint density at radius 3 is 2.65 bits per heavy atom. The molecule has 1 aromatic heterocycles. The molecule has 0 bridgehead atoms. The van der Waals surface area contributed by atoms with Gasteiger partial charge in [0.1, 0.15) is 11.9 Å². The molecular weight excluding hydrogens is 285 g/mol. The van der Waals surface area contributed by atoms with Crippen LogP contribution in [0.4, 0.5) is 4.39 Å². The fourth-order valence-electron chi connectivity index (χ4n) is 1.50. The SMILES string of the molecule is Cc1ccc(C(O)c2ccc(Br)cn2)cc1F. The molecule has 0 aliphatic heterocycles. The summed E-state index contributed by atoms with van der Waals surface area (Å²) in [5.74, 6) is -0.321. The second-order valence-corrected chi connectivity index (χ2v) is 4.73. The van der Waals surface area contributed by atoms with Gasteiger partial charge >= 0.3 is 0 Å². The van der Waals surface area contributed by atoms with E-state index >= 15 is 0 Å². The van der Waals surface area contributed by atoms with Crippen molar-refractivity contribution in [2.45, 2.75) is 13.0 Å². The summed E-state index contributed by atoms with van der Waals surface area (Å²) in [5.41, 5.74) is 1.56. The maximum Gasteiger partial charge on any atom is 0.126 e. The van der Waals surface area contributed by atoms with Gasteiger partial charge in [0.25, 0.3) is 0 Å². The van der Waals surface area contributed by atoms with Gasteiger partial charge in [0.05, 0.1) is 5.69 Å². The molecule has 17 heavy (non-hydrogen) atoms. The van der Waals surface area contributed by atoms with E-state index in [4.69, 9.17) is 0 Å². The minimum atomic E-state index is -0.904. The van der Waals surface area contributed by atoms with Gasteiger partial charge in [-0.25, -0.2) is 4.39 Å². The predicted octanol–water partition coefficient (Wildman–Crippen LogP) is 3.37. The number of halogens is 2. The molecule has 2 aromatic rings. The van der Waals surface area contributed by atoms with Crippen LogP contribution < -0.4 is 0 Å². The van der Waals surface area contributed by atoms with Crippen molar-refractivity contribution in [1.82, 2.24) is 4.98 Å². The highest BCUT2D eigenvalue weighted by molar-refractivity contribution is 9.10. The third kappa shape index (κ3) is 2.70. The van der Waals surface area contributed by atoms with Gasteiger partial charge < -0.3 is 5.11 Å². The van der Waals surface area contributed by atoms with Gasteiger partial charge in [-0.05, 0) is 52.2 Å². The van der Waals surface area contributed by atoms with Crippen LogP contribution >= 0.6 is 15.9 Å². The molecule has 4 heteroatoms. The first-order valence-corrected chi connectivity index (χ1v) is 5.93. The second-order valence-electron chi connectivity index (χ2n) is 3.81. The Hall–Kier alpha value is -1.26. The highest BCUT2D eigenvalue weighted by Crippen LogP contribution is 2.22. The Morgan fingerprint density at radius 1 is 1.29 bits per heavy atom. The maximum atomic E-state index is 13.4. The van der Waals surface area contributed by atoms with E-state index in [0.29, 0.717) is 16.8 Å². The van der Waals surface area contributed by atoms with Gasteiger partial charge in [0.2, 0.25) is 0 Å². The van der Waals surface area contributed by atoms with Gasteiger partial charge in [-0.2, -0.15) is 0 Å². The van der Waals surface area contributed by atoms with E-state index in [9.17, 15) is 9.50 Å². The van der Waals surface area contributed by atoms with Crippen LogP contribution in [0.15, 0.2) is 41.0 Å². The molecule has 0 aliphatic carbocycles. The van der Waals surface area contributed by atoms with Crippen LogP contribution in [0.5, 0.6) is 0 Å². The van der Waals surface area contributed by atoms with Crippen LogP contribution in [0, 0.1) is 12.7 Å². The number of benzene rings is 1. The summed E-state index contributed by atoms with van der Waals surface area (Å²) in [5, 5.41) is 10.1. The zero-order chi connectivity index (χ0) is 12.4. The molecular formula is C13H11BrFNO. The highest BCUT2D eigenvalue weighted by Gasteiger charge is 2.13. The van der Waals surface area contributed by atoms with E-state index in [1.807, 2.05) is 0 Å². The molecule has 1 atom stereocenters. The summed E-state index contributed by atoms with van der Waals surface area (Å²) in [4.78, 5) is 4.09. The normalized spacial score (nSPS) is 12.5. The van der Waals surface area contributed by atoms with Crippen molar-refractivity contribution in [2.24, 2.45) is 0 Å². The minimum Gasteiger partial charge on any atom is -0.382 e. The Morgan fingerprint density at radius 2 is 2.06 bits per heavy atom. The summed E-state index contributed by atoms with van der Waals surface area (Å²) in [6.07, 6.45) is 0.696. The Bertz CT molecular complexity index is 527. The number of aromatic nitrogens is 1. The van der Waals surface area contributed by atoms with E-state index in [0.717, 1.165) is 4.47 Å². The Kier molecular flexibility index (Phi) is 3.54. The van der Waals surface area contributed by atoms with Gasteiger partial charge in [0, 0.05) is 10.7 Å². The molecule has 1 heterocycles. The van der Waals surface area contributed by atoms with Gasteiger partial charge in [0.15, 0.2) is 0 Å². The van der Waals surface area contributed by atoms with E-state index in [1.54, 1.807) is 37.4 Å². The molecule has 1 N–H and O–H groups in total. The monoisotopic (exact) mass is 295 g/mol. The van der Waals surface area contributed by atoms with Crippen molar-refractivity contribution in [2.75, 3.05) is 0 Å². The molecule has 1 aromatic carbocycles. The number of aliphatic hydroxyl groups excluding tert-OH is 1. The largest absolute Gasteiger partial charge is 0.382 e. The maximum absolute atomic E-state index is 13.4. The van der Waals surface area contributed by atoms with E-state index in [1.165, 1.54) is 6.07 Å². The van der Waals surface area contributed by atoms with Crippen molar-refractivity contribution >= 4 is 15.9 Å². The standard InChI is InChI=1S/C13H11BrFNO/c1-8-2-3-9(6-11(8)15)13(17)12-5-4-10(14)7-16-12/h2-7,13,17H,1H3. The summed E-state index contributed by atoms with van der Waals surface area (Å²) in [6.45, 7) is 1.68. The molecule has 0 saturated heterocycles. The summed E-state index contributed by atoms with van der Waals surface area (Å²) >= 11 is 3.27. The molecule has 88 valence electrons. The second kappa shape index (κ2) is 4.94. The van der Waals surface area contributed by atoms with Crippen molar-refractivity contribution in [3.8, 4) is 0 Å². The molecule has 1 unspecified atom stereocenters. The van der Waals surface area contributed by atoms with Crippen molar-refractivity contribution in [3.05, 3.63) is 63.6 Å². The first kappa shape index (κ1) is 12.2. The lowest BCUT2D eigenvalue weighted by molar-refractivity contribution is 0.215. The van der Waals surface area contributed by atoms with Crippen LogP contribution in [0.2, 0.25) is 0 Å². The minimum absolute atomic E-state index is 0.321. The fourth-order valence-corrected chi connectivity index (χ4v) is 1.73. The lowest BCUT2D eigenvalue weighted by Crippen LogP contribution is -2.02. The lowest BCUT2D eigenvalue weighted by Gasteiger charge is -2.11. The zero-order valence-electron chi connectivity index (χ0n) is 9.19. The molecule has 0 fully saturated rings. The molecule has 0 aliphatic rings. The van der Waals surface area contributed by atoms with Gasteiger partial charge in [-0.3, -0.25) is 4.98 Å². The van der Waals surface area contributed by atoms with Crippen molar-refractivity contribution in [1.29, 1.82) is 0 Å². The number of aliphatic hydroxyl groups is 1. The third-order valence-electron chi connectivity index (χ3n) is 2.54. The third-order valence-corrected chi connectivity index (χ3v) is 3.01. The van der Waals surface area contributed by atoms with Gasteiger partial charge in [-0.15, -0.1) is 0 Å². The van der Waals surface area contributed by atoms with Crippen molar-refractivity contribution < 1.29 is 9.50 Å². The number of nitrogens with zero attached hydrogens (tertiary/aromatic N) is 1. The summed E-state index contributed by atoms with van der Waals surface area (Å²) in [7, 11) is 0. The molecule has 0 saturated carbocycles. The first-order valence-electron chi connectivity index (χ1n) is 5.13. The number of hydrogen-bond donors (Lipinski definition) is 1. The lowest BCUT2D eigenvalue weighted by atomic mass is 10.0.